The molecular weight excluding hydrogens is 266 g/mol. The summed E-state index contributed by atoms with van der Waals surface area (Å²) in [6.07, 6.45) is 2.54. The normalized spacial score (nSPS) is 18.9. The molecule has 3 heteroatoms. The Balaban J connectivity index is 2.03. The molecule has 112 valence electrons. The summed E-state index contributed by atoms with van der Waals surface area (Å²) in [6, 6.07) is 11.2. The van der Waals surface area contributed by atoms with Crippen LogP contribution in [0.2, 0.25) is 0 Å². The molecule has 1 unspecified atom stereocenters. The van der Waals surface area contributed by atoms with Crippen LogP contribution < -0.4 is 5.32 Å². The van der Waals surface area contributed by atoms with Crippen molar-refractivity contribution in [1.82, 2.24) is 5.32 Å². The highest BCUT2D eigenvalue weighted by atomic mass is 32.2. The Morgan fingerprint density at radius 1 is 1.25 bits per heavy atom. The lowest BCUT2D eigenvalue weighted by molar-refractivity contribution is 0.127. The van der Waals surface area contributed by atoms with E-state index in [2.05, 4.69) is 61.3 Å². The number of hydrogen-bond acceptors (Lipinski definition) is 3. The van der Waals surface area contributed by atoms with Crippen molar-refractivity contribution in [3.63, 3.8) is 0 Å². The van der Waals surface area contributed by atoms with Gasteiger partial charge in [0.25, 0.3) is 0 Å². The second-order valence-corrected chi connectivity index (χ2v) is 7.63. The van der Waals surface area contributed by atoms with E-state index in [1.807, 2.05) is 0 Å². The number of aliphatic hydroxyl groups is 1. The zero-order chi connectivity index (χ0) is 14.4. The highest BCUT2D eigenvalue weighted by molar-refractivity contribution is 7.99. The largest absolute Gasteiger partial charge is 0.396 e. The Hall–Kier alpha value is -0.510. The van der Waals surface area contributed by atoms with Crippen LogP contribution in [0.1, 0.15) is 38.2 Å². The predicted octanol–water partition coefficient (Wildman–Crippen LogP) is 3.27. The number of nitrogens with one attached hydrogen (secondary N) is 1. The van der Waals surface area contributed by atoms with Crippen LogP contribution in [0.3, 0.4) is 0 Å². The first-order valence-electron chi connectivity index (χ1n) is 7.60. The van der Waals surface area contributed by atoms with E-state index in [0.717, 1.165) is 6.54 Å². The van der Waals surface area contributed by atoms with Crippen molar-refractivity contribution in [2.45, 2.75) is 38.6 Å². The van der Waals surface area contributed by atoms with E-state index in [1.54, 1.807) is 0 Å². The van der Waals surface area contributed by atoms with Crippen molar-refractivity contribution in [3.05, 3.63) is 35.9 Å². The molecule has 0 spiro atoms. The lowest BCUT2D eigenvalue weighted by Crippen LogP contribution is -2.40. The second kappa shape index (κ2) is 7.48. The molecule has 1 aliphatic heterocycles. The molecule has 1 aromatic carbocycles. The van der Waals surface area contributed by atoms with Crippen LogP contribution in [0.4, 0.5) is 0 Å². The van der Waals surface area contributed by atoms with E-state index in [9.17, 15) is 5.11 Å². The van der Waals surface area contributed by atoms with Gasteiger partial charge in [-0.15, -0.1) is 0 Å². The van der Waals surface area contributed by atoms with Gasteiger partial charge in [0.15, 0.2) is 0 Å². The van der Waals surface area contributed by atoms with Crippen molar-refractivity contribution in [2.24, 2.45) is 5.41 Å². The van der Waals surface area contributed by atoms with Crippen LogP contribution in [0.5, 0.6) is 0 Å². The highest BCUT2D eigenvalue weighted by Gasteiger charge is 2.30. The molecule has 0 saturated carbocycles. The highest BCUT2D eigenvalue weighted by Crippen LogP contribution is 2.35. The zero-order valence-electron chi connectivity index (χ0n) is 12.6. The van der Waals surface area contributed by atoms with E-state index >= 15 is 0 Å². The predicted molar refractivity (Wildman–Crippen MR) is 88.4 cm³/mol. The SMILES string of the molecule is CC(C)(CO)C(CNC1CCSCC1)c1ccccc1. The molecule has 20 heavy (non-hydrogen) atoms. The van der Waals surface area contributed by atoms with Gasteiger partial charge in [-0.25, -0.2) is 0 Å². The Kier molecular flexibility index (Phi) is 5.94. The molecule has 1 heterocycles. The number of rotatable bonds is 6. The molecule has 0 aliphatic carbocycles. The van der Waals surface area contributed by atoms with Gasteiger partial charge in [0, 0.05) is 25.1 Å². The van der Waals surface area contributed by atoms with Crippen molar-refractivity contribution < 1.29 is 5.11 Å². The van der Waals surface area contributed by atoms with Gasteiger partial charge in [-0.05, 0) is 35.3 Å². The molecule has 1 atom stereocenters. The number of hydrogen-bond donors (Lipinski definition) is 2. The fourth-order valence-electron chi connectivity index (χ4n) is 2.83. The van der Waals surface area contributed by atoms with Gasteiger partial charge in [0.1, 0.15) is 0 Å². The Labute approximate surface area is 127 Å². The van der Waals surface area contributed by atoms with Crippen LogP contribution in [-0.2, 0) is 0 Å². The monoisotopic (exact) mass is 293 g/mol. The molecule has 0 aromatic heterocycles. The standard InChI is InChI=1S/C17H27NOS/c1-17(2,13-19)16(14-6-4-3-5-7-14)12-18-15-8-10-20-11-9-15/h3-7,15-16,18-19H,8-13H2,1-2H3. The van der Waals surface area contributed by atoms with Crippen molar-refractivity contribution >= 4 is 11.8 Å². The third-order valence-corrected chi connectivity index (χ3v) is 5.43. The summed E-state index contributed by atoms with van der Waals surface area (Å²) in [6.45, 7) is 5.48. The van der Waals surface area contributed by atoms with Gasteiger partial charge in [-0.2, -0.15) is 11.8 Å². The van der Waals surface area contributed by atoms with Crippen LogP contribution >= 0.6 is 11.8 Å². The summed E-state index contributed by atoms with van der Waals surface area (Å²) in [4.78, 5) is 0. The Bertz CT molecular complexity index is 387. The van der Waals surface area contributed by atoms with Crippen molar-refractivity contribution in [2.75, 3.05) is 24.7 Å². The molecule has 0 bridgehead atoms. The van der Waals surface area contributed by atoms with Gasteiger partial charge in [-0.3, -0.25) is 0 Å². The molecule has 1 fully saturated rings. The molecule has 1 saturated heterocycles. The minimum Gasteiger partial charge on any atom is -0.396 e. The lowest BCUT2D eigenvalue weighted by Gasteiger charge is -2.35. The summed E-state index contributed by atoms with van der Waals surface area (Å²) in [7, 11) is 0. The van der Waals surface area contributed by atoms with E-state index in [1.165, 1.54) is 29.9 Å². The van der Waals surface area contributed by atoms with Gasteiger partial charge in [0.05, 0.1) is 0 Å². The zero-order valence-corrected chi connectivity index (χ0v) is 13.5. The van der Waals surface area contributed by atoms with E-state index in [4.69, 9.17) is 0 Å². The molecule has 1 aliphatic rings. The first kappa shape index (κ1) is 15.9. The minimum atomic E-state index is -0.0994. The van der Waals surface area contributed by atoms with Gasteiger partial charge in [0.2, 0.25) is 0 Å². The fraction of sp³-hybridized carbons (Fsp3) is 0.647. The number of aliphatic hydroxyl groups excluding tert-OH is 1. The molecule has 2 rings (SSSR count). The Morgan fingerprint density at radius 3 is 2.50 bits per heavy atom. The topological polar surface area (TPSA) is 32.3 Å². The molecule has 0 amide bonds. The maximum absolute atomic E-state index is 9.73. The summed E-state index contributed by atoms with van der Waals surface area (Å²) < 4.78 is 0. The smallest absolute Gasteiger partial charge is 0.0488 e. The first-order valence-corrected chi connectivity index (χ1v) is 8.76. The maximum Gasteiger partial charge on any atom is 0.0488 e. The van der Waals surface area contributed by atoms with Crippen LogP contribution in [0.25, 0.3) is 0 Å². The molecular formula is C17H27NOS. The summed E-state index contributed by atoms with van der Waals surface area (Å²) in [5.74, 6) is 2.90. The van der Waals surface area contributed by atoms with Gasteiger partial charge >= 0.3 is 0 Å². The first-order chi connectivity index (χ1) is 9.63. The summed E-state index contributed by atoms with van der Waals surface area (Å²) in [5.41, 5.74) is 1.22. The quantitative estimate of drug-likeness (QED) is 0.844. The lowest BCUT2D eigenvalue weighted by atomic mass is 9.75. The third kappa shape index (κ3) is 4.24. The van der Waals surface area contributed by atoms with Crippen LogP contribution in [-0.4, -0.2) is 35.8 Å². The van der Waals surface area contributed by atoms with E-state index in [0.29, 0.717) is 12.0 Å². The van der Waals surface area contributed by atoms with Gasteiger partial charge in [-0.1, -0.05) is 44.2 Å². The minimum absolute atomic E-state index is 0.0994. The fourth-order valence-corrected chi connectivity index (χ4v) is 3.93. The number of thioether (sulfide) groups is 1. The van der Waals surface area contributed by atoms with Crippen LogP contribution in [0.15, 0.2) is 30.3 Å². The van der Waals surface area contributed by atoms with E-state index < -0.39 is 0 Å². The Morgan fingerprint density at radius 2 is 1.90 bits per heavy atom. The van der Waals surface area contributed by atoms with Crippen molar-refractivity contribution in [3.8, 4) is 0 Å². The molecule has 2 N–H and O–H groups in total. The molecule has 2 nitrogen and oxygen atoms in total. The summed E-state index contributed by atoms with van der Waals surface area (Å²) in [5, 5.41) is 13.5. The molecule has 1 aromatic rings. The average Bonchev–Trinajstić information content (AvgIpc) is 2.49. The summed E-state index contributed by atoms with van der Waals surface area (Å²) >= 11 is 2.06. The second-order valence-electron chi connectivity index (χ2n) is 6.40. The average molecular weight is 293 g/mol. The van der Waals surface area contributed by atoms with Gasteiger partial charge < -0.3 is 10.4 Å². The van der Waals surface area contributed by atoms with E-state index in [-0.39, 0.29) is 12.0 Å². The third-order valence-electron chi connectivity index (χ3n) is 4.38. The van der Waals surface area contributed by atoms with Crippen LogP contribution in [0, 0.1) is 5.41 Å². The number of benzene rings is 1. The molecule has 0 radical (unpaired) electrons. The maximum atomic E-state index is 9.73. The van der Waals surface area contributed by atoms with Crippen molar-refractivity contribution in [1.29, 1.82) is 0 Å².